The molecule has 0 saturated carbocycles. The summed E-state index contributed by atoms with van der Waals surface area (Å²) in [5, 5.41) is 12.3. The number of benzene rings is 1. The molecule has 2 atom stereocenters. The first-order valence-corrected chi connectivity index (χ1v) is 6.19. The summed E-state index contributed by atoms with van der Waals surface area (Å²) in [5.41, 5.74) is 0.612. The van der Waals surface area contributed by atoms with Crippen LogP contribution in [0.3, 0.4) is 0 Å². The van der Waals surface area contributed by atoms with Crippen molar-refractivity contribution in [3.63, 3.8) is 0 Å². The van der Waals surface area contributed by atoms with Crippen LogP contribution < -0.4 is 5.32 Å². The third kappa shape index (κ3) is 3.54. The number of hydrogen-bond acceptors (Lipinski definition) is 2. The molecule has 0 aliphatic carbocycles. The zero-order chi connectivity index (χ0) is 12.1. The average Bonchev–Trinajstić information content (AvgIpc) is 2.28. The van der Waals surface area contributed by atoms with Crippen LogP contribution in [0.5, 0.6) is 0 Å². The molecule has 1 rings (SSSR count). The first-order chi connectivity index (χ1) is 7.58. The van der Waals surface area contributed by atoms with Crippen LogP contribution in [-0.2, 0) is 0 Å². The van der Waals surface area contributed by atoms with Gasteiger partial charge in [0.15, 0.2) is 0 Å². The van der Waals surface area contributed by atoms with Gasteiger partial charge in [0.05, 0.1) is 6.61 Å². The van der Waals surface area contributed by atoms with Crippen LogP contribution in [0.2, 0.25) is 0 Å². The Balaban J connectivity index is 2.79. The number of rotatable bonds is 5. The number of nitrogens with one attached hydrogen (secondary N) is 1. The Labute approximate surface area is 104 Å². The van der Waals surface area contributed by atoms with Crippen molar-refractivity contribution in [3.8, 4) is 0 Å². The van der Waals surface area contributed by atoms with E-state index in [1.807, 2.05) is 13.8 Å². The molecule has 0 fully saturated rings. The van der Waals surface area contributed by atoms with Gasteiger partial charge >= 0.3 is 0 Å². The highest BCUT2D eigenvalue weighted by molar-refractivity contribution is 9.10. The van der Waals surface area contributed by atoms with Gasteiger partial charge in [-0.05, 0) is 31.5 Å². The van der Waals surface area contributed by atoms with Crippen LogP contribution in [0.25, 0.3) is 0 Å². The first-order valence-electron chi connectivity index (χ1n) is 5.40. The molecule has 0 amide bonds. The molecule has 0 bridgehead atoms. The zero-order valence-electron chi connectivity index (χ0n) is 9.50. The van der Waals surface area contributed by atoms with Crippen molar-refractivity contribution in [3.05, 3.63) is 34.1 Å². The Hall–Kier alpha value is -0.450. The molecule has 0 saturated heterocycles. The summed E-state index contributed by atoms with van der Waals surface area (Å²) in [4.78, 5) is 0. The lowest BCUT2D eigenvalue weighted by Crippen LogP contribution is -2.34. The van der Waals surface area contributed by atoms with Crippen molar-refractivity contribution in [2.45, 2.75) is 32.4 Å². The highest BCUT2D eigenvalue weighted by atomic mass is 79.9. The maximum atomic E-state index is 13.6. The van der Waals surface area contributed by atoms with E-state index in [0.29, 0.717) is 5.56 Å². The second-order valence-electron chi connectivity index (χ2n) is 3.84. The summed E-state index contributed by atoms with van der Waals surface area (Å²) < 4.78 is 14.4. The summed E-state index contributed by atoms with van der Waals surface area (Å²) in [6.07, 6.45) is 0.816. The van der Waals surface area contributed by atoms with E-state index in [1.165, 1.54) is 6.07 Å². The standard InChI is InChI=1S/C12H17BrFNO/c1-3-10(7-16)15-8(2)11-6-9(13)4-5-12(11)14/h4-6,8,10,15-16H,3,7H2,1-2H3/t8?,10-/m1/s1. The second kappa shape index (κ2) is 6.33. The molecule has 1 unspecified atom stereocenters. The molecule has 0 radical (unpaired) electrons. The van der Waals surface area contributed by atoms with Crippen molar-refractivity contribution in [1.82, 2.24) is 5.32 Å². The maximum Gasteiger partial charge on any atom is 0.128 e. The molecule has 2 N–H and O–H groups in total. The van der Waals surface area contributed by atoms with Crippen LogP contribution in [0, 0.1) is 5.82 Å². The zero-order valence-corrected chi connectivity index (χ0v) is 11.1. The summed E-state index contributed by atoms with van der Waals surface area (Å²) in [6.45, 7) is 3.94. The van der Waals surface area contributed by atoms with Crippen LogP contribution in [0.4, 0.5) is 4.39 Å². The smallest absolute Gasteiger partial charge is 0.128 e. The normalized spacial score (nSPS) is 14.8. The SMILES string of the molecule is CC[C@H](CO)NC(C)c1cc(Br)ccc1F. The van der Waals surface area contributed by atoms with E-state index in [4.69, 9.17) is 5.11 Å². The van der Waals surface area contributed by atoms with Gasteiger partial charge in [-0.15, -0.1) is 0 Å². The van der Waals surface area contributed by atoms with Gasteiger partial charge in [-0.1, -0.05) is 22.9 Å². The summed E-state index contributed by atoms with van der Waals surface area (Å²) in [5.74, 6) is -0.226. The Morgan fingerprint density at radius 3 is 2.75 bits per heavy atom. The third-order valence-corrected chi connectivity index (χ3v) is 3.12. The molecule has 2 nitrogen and oxygen atoms in total. The van der Waals surface area contributed by atoms with Gasteiger partial charge in [-0.25, -0.2) is 4.39 Å². The molecule has 16 heavy (non-hydrogen) atoms. The third-order valence-electron chi connectivity index (χ3n) is 2.62. The van der Waals surface area contributed by atoms with Crippen LogP contribution in [0.15, 0.2) is 22.7 Å². The topological polar surface area (TPSA) is 32.3 Å². The van der Waals surface area contributed by atoms with Crippen molar-refractivity contribution in [1.29, 1.82) is 0 Å². The number of aliphatic hydroxyl groups excluding tert-OH is 1. The van der Waals surface area contributed by atoms with Gasteiger partial charge < -0.3 is 10.4 Å². The van der Waals surface area contributed by atoms with Gasteiger partial charge in [0.2, 0.25) is 0 Å². The van der Waals surface area contributed by atoms with Gasteiger partial charge in [-0.3, -0.25) is 0 Å². The lowest BCUT2D eigenvalue weighted by molar-refractivity contribution is 0.229. The van der Waals surface area contributed by atoms with Crippen LogP contribution in [-0.4, -0.2) is 17.8 Å². The molecular formula is C12H17BrFNO. The molecule has 0 heterocycles. The lowest BCUT2D eigenvalue weighted by Gasteiger charge is -2.21. The van der Waals surface area contributed by atoms with Crippen LogP contribution in [0.1, 0.15) is 31.9 Å². The predicted octanol–water partition coefficient (Wildman–Crippen LogP) is 3.01. The van der Waals surface area contributed by atoms with Gasteiger partial charge in [0.1, 0.15) is 5.82 Å². The molecule has 1 aromatic rings. The minimum absolute atomic E-state index is 0.00776. The van der Waals surface area contributed by atoms with Gasteiger partial charge in [0, 0.05) is 22.1 Å². The van der Waals surface area contributed by atoms with E-state index in [9.17, 15) is 4.39 Å². The highest BCUT2D eigenvalue weighted by Crippen LogP contribution is 2.22. The summed E-state index contributed by atoms with van der Waals surface area (Å²) in [6, 6.07) is 4.77. The summed E-state index contributed by atoms with van der Waals surface area (Å²) >= 11 is 3.32. The van der Waals surface area contributed by atoms with E-state index in [2.05, 4.69) is 21.2 Å². The highest BCUT2D eigenvalue weighted by Gasteiger charge is 2.14. The van der Waals surface area contributed by atoms with E-state index < -0.39 is 0 Å². The van der Waals surface area contributed by atoms with E-state index in [0.717, 1.165) is 10.9 Å². The van der Waals surface area contributed by atoms with Crippen LogP contribution >= 0.6 is 15.9 Å². The van der Waals surface area contributed by atoms with Crippen molar-refractivity contribution < 1.29 is 9.50 Å². The minimum atomic E-state index is -0.226. The monoisotopic (exact) mass is 289 g/mol. The fraction of sp³-hybridized carbons (Fsp3) is 0.500. The number of hydrogen-bond donors (Lipinski definition) is 2. The van der Waals surface area contributed by atoms with Gasteiger partial charge in [-0.2, -0.15) is 0 Å². The average molecular weight is 290 g/mol. The Bertz CT molecular complexity index is 342. The minimum Gasteiger partial charge on any atom is -0.395 e. The fourth-order valence-electron chi connectivity index (χ4n) is 1.59. The molecule has 0 spiro atoms. The van der Waals surface area contributed by atoms with E-state index in [-0.39, 0.29) is 24.5 Å². The van der Waals surface area contributed by atoms with E-state index in [1.54, 1.807) is 12.1 Å². The molecule has 1 aromatic carbocycles. The van der Waals surface area contributed by atoms with Crippen molar-refractivity contribution >= 4 is 15.9 Å². The Kier molecular flexibility index (Phi) is 5.38. The summed E-state index contributed by atoms with van der Waals surface area (Å²) in [7, 11) is 0. The number of aliphatic hydroxyl groups is 1. The quantitative estimate of drug-likeness (QED) is 0.873. The Morgan fingerprint density at radius 2 is 2.19 bits per heavy atom. The van der Waals surface area contributed by atoms with Crippen molar-refractivity contribution in [2.24, 2.45) is 0 Å². The molecule has 0 aromatic heterocycles. The first kappa shape index (κ1) is 13.6. The predicted molar refractivity (Wildman–Crippen MR) is 66.8 cm³/mol. The maximum absolute atomic E-state index is 13.6. The molecule has 0 aliphatic rings. The fourth-order valence-corrected chi connectivity index (χ4v) is 1.97. The number of halogens is 2. The second-order valence-corrected chi connectivity index (χ2v) is 4.76. The molecule has 90 valence electrons. The lowest BCUT2D eigenvalue weighted by atomic mass is 10.1. The largest absolute Gasteiger partial charge is 0.395 e. The molecular weight excluding hydrogens is 273 g/mol. The van der Waals surface area contributed by atoms with Gasteiger partial charge in [0.25, 0.3) is 0 Å². The Morgan fingerprint density at radius 1 is 1.50 bits per heavy atom. The van der Waals surface area contributed by atoms with Crippen molar-refractivity contribution in [2.75, 3.05) is 6.61 Å². The molecule has 0 aliphatic heterocycles. The van der Waals surface area contributed by atoms with E-state index >= 15 is 0 Å². The molecule has 4 heteroatoms.